The fraction of sp³-hybridized carbons (Fsp3) is 0.500. The minimum atomic E-state index is -1.32. The maximum atomic E-state index is 13.9. The van der Waals surface area contributed by atoms with Crippen LogP contribution >= 0.6 is 0 Å². The third kappa shape index (κ3) is 11.5. The summed E-state index contributed by atoms with van der Waals surface area (Å²) in [5, 5.41) is 54.0. The number of para-hydroxylation sites is 1. The fourth-order valence-corrected chi connectivity index (χ4v) is 8.68. The number of hydrogen-bond donors (Lipinski definition) is 5. The molecule has 0 aliphatic heterocycles. The number of halogens is 1. The first-order chi connectivity index (χ1) is 28.7. The lowest BCUT2D eigenvalue weighted by Crippen LogP contribution is -2.43. The second-order valence-corrected chi connectivity index (χ2v) is 16.9. The van der Waals surface area contributed by atoms with E-state index in [2.05, 4.69) is 0 Å². The number of nitrogens with zero attached hydrogens (tertiary/aromatic N) is 1. The molecule has 1 saturated carbocycles. The number of rotatable bonds is 19. The summed E-state index contributed by atoms with van der Waals surface area (Å²) in [5.74, 6) is -2.96. The molecule has 0 radical (unpaired) electrons. The summed E-state index contributed by atoms with van der Waals surface area (Å²) in [6.45, 7) is 5.76. The molecule has 322 valence electrons. The summed E-state index contributed by atoms with van der Waals surface area (Å²) in [5.41, 5.74) is 5.00. The zero-order valence-electron chi connectivity index (χ0n) is 34.5. The molecule has 12 heteroatoms. The number of carbonyl (C=O) groups is 3. The highest BCUT2D eigenvalue weighted by atomic mass is 19.1. The molecule has 10 atom stereocenters. The number of carboxylic acids is 1. The Morgan fingerprint density at radius 2 is 1.73 bits per heavy atom. The van der Waals surface area contributed by atoms with Crippen LogP contribution in [-0.4, -0.2) is 85.0 Å². The molecule has 0 bridgehead atoms. The van der Waals surface area contributed by atoms with E-state index in [1.54, 1.807) is 31.2 Å². The van der Waals surface area contributed by atoms with E-state index >= 15 is 0 Å². The van der Waals surface area contributed by atoms with Crippen LogP contribution in [0.25, 0.3) is 28.1 Å². The largest absolute Gasteiger partial charge is 0.481 e. The Morgan fingerprint density at radius 3 is 2.43 bits per heavy atom. The molecule has 3 aliphatic rings. The molecule has 0 spiro atoms. The standard InChI is InChI=1S/C48H58FNO10/c1-4-27(2)48(58)60-42-24-35(53)21-31-10-9-28(3)38(46(31)42)19-17-34(52)23-37(26-43(55)56)59-44(57)25-36(54)22-33(51)18-20-40-45(29-13-15-32(49)16-14-29)39-7-5-6-8-41(39)50-47(40)30-11-12-30/h5-10,13-16,18,20-21,27-28,30,33-38,42,46,51-54H,4,11-12,17,19,22-26H2,1-3H3,(H,55,56)/t27-,28-,33+,34+,35+,36+,37+,38-,42-,46-/m0/s1. The smallest absolute Gasteiger partial charge is 0.308 e. The number of carboxylic acid groups (broad SMARTS) is 1. The Morgan fingerprint density at radius 1 is 1.00 bits per heavy atom. The van der Waals surface area contributed by atoms with E-state index in [9.17, 15) is 44.3 Å². The van der Waals surface area contributed by atoms with E-state index in [0.29, 0.717) is 12.8 Å². The van der Waals surface area contributed by atoms with Crippen molar-refractivity contribution in [1.82, 2.24) is 4.98 Å². The molecule has 2 aromatic carbocycles. The third-order valence-corrected chi connectivity index (χ3v) is 12.2. The van der Waals surface area contributed by atoms with Gasteiger partial charge in [-0.1, -0.05) is 81.5 Å². The van der Waals surface area contributed by atoms with Gasteiger partial charge in [-0.25, -0.2) is 4.39 Å². The third-order valence-electron chi connectivity index (χ3n) is 12.2. The number of aliphatic hydroxyl groups excluding tert-OH is 4. The second-order valence-electron chi connectivity index (χ2n) is 16.9. The molecule has 5 N–H and O–H groups in total. The first-order valence-corrected chi connectivity index (χ1v) is 21.3. The van der Waals surface area contributed by atoms with Gasteiger partial charge < -0.3 is 35.0 Å². The van der Waals surface area contributed by atoms with Gasteiger partial charge in [0.1, 0.15) is 18.0 Å². The van der Waals surface area contributed by atoms with Gasteiger partial charge in [-0.2, -0.15) is 0 Å². The van der Waals surface area contributed by atoms with Crippen molar-refractivity contribution in [3.8, 4) is 11.1 Å². The molecule has 1 aromatic heterocycles. The predicted octanol–water partition coefficient (Wildman–Crippen LogP) is 7.44. The predicted molar refractivity (Wildman–Crippen MR) is 225 cm³/mol. The highest BCUT2D eigenvalue weighted by Gasteiger charge is 2.42. The minimum Gasteiger partial charge on any atom is -0.481 e. The van der Waals surface area contributed by atoms with E-state index < -0.39 is 61.4 Å². The summed E-state index contributed by atoms with van der Waals surface area (Å²) in [6, 6.07) is 13.9. The van der Waals surface area contributed by atoms with Crippen molar-refractivity contribution in [2.45, 2.75) is 128 Å². The highest BCUT2D eigenvalue weighted by Crippen LogP contribution is 2.46. The van der Waals surface area contributed by atoms with Gasteiger partial charge in [-0.3, -0.25) is 19.4 Å². The number of esters is 2. The van der Waals surface area contributed by atoms with Gasteiger partial charge in [0, 0.05) is 47.6 Å². The van der Waals surface area contributed by atoms with Crippen molar-refractivity contribution in [3.63, 3.8) is 0 Å². The van der Waals surface area contributed by atoms with Crippen molar-refractivity contribution >= 4 is 34.9 Å². The molecular formula is C48H58FNO10. The normalized spacial score (nSPS) is 23.9. The number of benzene rings is 2. The van der Waals surface area contributed by atoms with Crippen LogP contribution in [0.3, 0.4) is 0 Å². The summed E-state index contributed by atoms with van der Waals surface area (Å²) < 4.78 is 25.4. The van der Waals surface area contributed by atoms with Crippen molar-refractivity contribution in [1.29, 1.82) is 0 Å². The van der Waals surface area contributed by atoms with Crippen molar-refractivity contribution < 1.29 is 53.8 Å². The molecule has 0 amide bonds. The summed E-state index contributed by atoms with van der Waals surface area (Å²) in [6.07, 6.45) is 5.32. The molecule has 11 nitrogen and oxygen atoms in total. The van der Waals surface area contributed by atoms with Crippen LogP contribution in [0.2, 0.25) is 0 Å². The van der Waals surface area contributed by atoms with Gasteiger partial charge in [-0.05, 0) is 73.3 Å². The fourth-order valence-electron chi connectivity index (χ4n) is 8.68. The molecule has 6 rings (SSSR count). The van der Waals surface area contributed by atoms with E-state index in [4.69, 9.17) is 14.5 Å². The number of hydrogen-bond acceptors (Lipinski definition) is 10. The van der Waals surface area contributed by atoms with Gasteiger partial charge >= 0.3 is 17.9 Å². The van der Waals surface area contributed by atoms with Gasteiger partial charge in [0.15, 0.2) is 0 Å². The number of ether oxygens (including phenoxy) is 2. The second kappa shape index (κ2) is 20.2. The van der Waals surface area contributed by atoms with Gasteiger partial charge in [-0.15, -0.1) is 0 Å². The average molecular weight is 828 g/mol. The van der Waals surface area contributed by atoms with Crippen LogP contribution in [0.1, 0.15) is 102 Å². The zero-order chi connectivity index (χ0) is 43.1. The number of pyridine rings is 1. The topological polar surface area (TPSA) is 184 Å². The van der Waals surface area contributed by atoms with Crippen LogP contribution in [0.5, 0.6) is 0 Å². The van der Waals surface area contributed by atoms with E-state index in [0.717, 1.165) is 51.7 Å². The molecule has 3 aromatic rings. The Hall–Kier alpha value is -4.75. The molecule has 60 heavy (non-hydrogen) atoms. The number of fused-ring (bicyclic) bond motifs is 2. The monoisotopic (exact) mass is 827 g/mol. The lowest BCUT2D eigenvalue weighted by molar-refractivity contribution is -0.160. The zero-order valence-corrected chi connectivity index (χ0v) is 34.5. The molecule has 3 aliphatic carbocycles. The van der Waals surface area contributed by atoms with Crippen molar-refractivity contribution in [2.24, 2.45) is 23.7 Å². The summed E-state index contributed by atoms with van der Waals surface area (Å²) in [7, 11) is 0. The Bertz CT molecular complexity index is 2080. The van der Waals surface area contributed by atoms with Crippen LogP contribution < -0.4 is 0 Å². The van der Waals surface area contributed by atoms with Crippen molar-refractivity contribution in [3.05, 3.63) is 95.5 Å². The van der Waals surface area contributed by atoms with Gasteiger partial charge in [0.2, 0.25) is 0 Å². The quantitative estimate of drug-likeness (QED) is 0.0758. The van der Waals surface area contributed by atoms with Crippen LogP contribution in [0.15, 0.2) is 78.4 Å². The highest BCUT2D eigenvalue weighted by molar-refractivity contribution is 5.99. The molecule has 1 fully saturated rings. The van der Waals surface area contributed by atoms with E-state index in [1.165, 1.54) is 18.2 Å². The lowest BCUT2D eigenvalue weighted by Gasteiger charge is -2.43. The molecular weight excluding hydrogens is 770 g/mol. The van der Waals surface area contributed by atoms with Crippen molar-refractivity contribution in [2.75, 3.05) is 0 Å². The van der Waals surface area contributed by atoms with Crippen LogP contribution in [-0.2, 0) is 23.9 Å². The maximum absolute atomic E-state index is 13.9. The Labute approximate surface area is 350 Å². The molecule has 0 saturated heterocycles. The van der Waals surface area contributed by atoms with E-state index in [-0.39, 0.29) is 67.1 Å². The molecule has 0 unspecified atom stereocenters. The first-order valence-electron chi connectivity index (χ1n) is 21.3. The number of carbonyl (C=O) groups excluding carboxylic acids is 2. The van der Waals surface area contributed by atoms with E-state index in [1.807, 2.05) is 50.3 Å². The minimum absolute atomic E-state index is 0.0403. The SMILES string of the molecule is CC[C@H](C)C(=O)O[C@H]1C[C@H](O)C=C2C=C[C@H](C)[C@H](CC[C@@H](O)C[C@H](CC(=O)O)OC(=O)C[C@H](O)C[C@H](O)C=Cc3c(C4CC4)nc4ccccc4c3-c3ccc(F)cc3)[C@H]21. The van der Waals surface area contributed by atoms with Crippen LogP contribution in [0.4, 0.5) is 4.39 Å². The first kappa shape index (κ1) is 44.8. The molecule has 1 heterocycles. The number of aliphatic hydroxyl groups is 4. The number of allylic oxidation sites excluding steroid dienone is 2. The number of aliphatic carboxylic acids is 1. The lowest BCUT2D eigenvalue weighted by atomic mass is 9.66. The Balaban J connectivity index is 1.06. The summed E-state index contributed by atoms with van der Waals surface area (Å²) >= 11 is 0. The number of aromatic nitrogens is 1. The van der Waals surface area contributed by atoms with Gasteiger partial charge in [0.25, 0.3) is 0 Å². The average Bonchev–Trinajstić information content (AvgIpc) is 4.05. The van der Waals surface area contributed by atoms with Crippen LogP contribution in [0, 0.1) is 29.5 Å². The maximum Gasteiger partial charge on any atom is 0.308 e. The Kier molecular flexibility index (Phi) is 15.1. The summed E-state index contributed by atoms with van der Waals surface area (Å²) in [4.78, 5) is 42.5. The van der Waals surface area contributed by atoms with Gasteiger partial charge in [0.05, 0.1) is 54.4 Å².